The van der Waals surface area contributed by atoms with Crippen LogP contribution in [0.1, 0.15) is 90.0 Å². The normalized spacial score (nSPS) is 24.3. The summed E-state index contributed by atoms with van der Waals surface area (Å²) in [4.78, 5) is 72.9. The van der Waals surface area contributed by atoms with E-state index in [0.717, 1.165) is 74.9 Å². The van der Waals surface area contributed by atoms with Gasteiger partial charge in [0.25, 0.3) is 17.7 Å². The van der Waals surface area contributed by atoms with E-state index >= 15 is 0 Å². The summed E-state index contributed by atoms with van der Waals surface area (Å²) in [7, 11) is 0. The standard InChI is InChI=1S/C45H50ClN7O6/c1-44(2)42(45(3,4)43(44)59-31-13-10-29(25-47)33(46)24-31)49-38(55)28-8-11-30(12-9-28)51-22-20-50(21-23-51)26-27-16-18-52(19-17-27)34-7-5-6-32-37(34)41(58)53(40(32)57)35-14-15-36(54)48-39(35)56/h5-13,24,27,35,42-43H,14-23,26H2,1-4H3,(H,49,55)(H,48,54,56)/t35?,42-,43-. The van der Waals surface area contributed by atoms with Crippen LogP contribution < -0.4 is 25.2 Å². The molecule has 2 N–H and O–H groups in total. The highest BCUT2D eigenvalue weighted by Crippen LogP contribution is 2.55. The first-order valence-electron chi connectivity index (χ1n) is 20.5. The van der Waals surface area contributed by atoms with Crippen molar-refractivity contribution in [3.63, 3.8) is 0 Å². The minimum absolute atomic E-state index is 0.0881. The first-order chi connectivity index (χ1) is 28.2. The largest absolute Gasteiger partial charge is 0.489 e. The minimum atomic E-state index is -0.983. The van der Waals surface area contributed by atoms with Gasteiger partial charge >= 0.3 is 0 Å². The SMILES string of the molecule is CC1(C)[C@H](NC(=O)c2ccc(N3CCN(CC4CCN(c5cccc6c5C(=O)N(C5CCC(=O)NC5=O)C6=O)CC4)CC3)cc2)C(C)(C)[C@H]1Oc1ccc(C#N)c(Cl)c1. The molecule has 14 heteroatoms. The number of amides is 5. The van der Waals surface area contributed by atoms with Gasteiger partial charge in [0.15, 0.2) is 0 Å². The van der Waals surface area contributed by atoms with E-state index in [-0.39, 0.29) is 41.7 Å². The number of nitrogens with one attached hydrogen (secondary N) is 2. The van der Waals surface area contributed by atoms with Gasteiger partial charge in [-0.25, -0.2) is 0 Å². The summed E-state index contributed by atoms with van der Waals surface area (Å²) in [5.41, 5.74) is 2.77. The lowest BCUT2D eigenvalue weighted by molar-refractivity contribution is -0.164. The van der Waals surface area contributed by atoms with Crippen LogP contribution in [-0.2, 0) is 9.59 Å². The van der Waals surface area contributed by atoms with Gasteiger partial charge in [-0.3, -0.25) is 39.1 Å². The number of hydrogen-bond donors (Lipinski definition) is 2. The lowest BCUT2D eigenvalue weighted by Gasteiger charge is -2.63. The molecule has 5 aliphatic rings. The number of carbonyl (C=O) groups is 5. The van der Waals surface area contributed by atoms with Crippen molar-refractivity contribution in [2.45, 2.75) is 71.6 Å². The van der Waals surface area contributed by atoms with Crippen LogP contribution in [0.3, 0.4) is 0 Å². The molecule has 3 aromatic rings. The van der Waals surface area contributed by atoms with Crippen molar-refractivity contribution < 1.29 is 28.7 Å². The van der Waals surface area contributed by atoms with Crippen LogP contribution in [0.25, 0.3) is 0 Å². The summed E-state index contributed by atoms with van der Waals surface area (Å²) in [5.74, 6) is -0.971. The van der Waals surface area contributed by atoms with Crippen molar-refractivity contribution in [3.05, 3.63) is 87.9 Å². The molecule has 4 aliphatic heterocycles. The quantitative estimate of drug-likeness (QED) is 0.273. The number of ether oxygens (including phenoxy) is 1. The molecule has 0 spiro atoms. The summed E-state index contributed by atoms with van der Waals surface area (Å²) < 4.78 is 6.38. The molecule has 1 unspecified atom stereocenters. The van der Waals surface area contributed by atoms with Crippen LogP contribution in [0.2, 0.25) is 5.02 Å². The van der Waals surface area contributed by atoms with Crippen LogP contribution in [0.4, 0.5) is 11.4 Å². The summed E-state index contributed by atoms with van der Waals surface area (Å²) in [6.07, 6.45) is 1.95. The number of piperidine rings is 2. The second-order valence-corrected chi connectivity index (χ2v) is 18.1. The molecule has 3 saturated heterocycles. The zero-order valence-corrected chi connectivity index (χ0v) is 34.7. The Kier molecular flexibility index (Phi) is 10.7. The van der Waals surface area contributed by atoms with Crippen LogP contribution in [-0.4, -0.2) is 103 Å². The van der Waals surface area contributed by atoms with E-state index in [1.807, 2.05) is 30.3 Å². The highest BCUT2D eigenvalue weighted by Gasteiger charge is 2.64. The van der Waals surface area contributed by atoms with Gasteiger partial charge in [-0.1, -0.05) is 45.4 Å². The number of benzene rings is 3. The number of fused-ring (bicyclic) bond motifs is 1. The Bertz CT molecular complexity index is 2220. The lowest BCUT2D eigenvalue weighted by atomic mass is 9.49. The van der Waals surface area contributed by atoms with Crippen molar-refractivity contribution in [2.24, 2.45) is 16.7 Å². The molecule has 1 aliphatic carbocycles. The van der Waals surface area contributed by atoms with Gasteiger partial charge in [-0.15, -0.1) is 0 Å². The molecule has 0 aromatic heterocycles. The number of imide groups is 2. The van der Waals surface area contributed by atoms with Gasteiger partial charge in [-0.05, 0) is 73.7 Å². The average molecular weight is 820 g/mol. The Hall–Kier alpha value is -5.45. The van der Waals surface area contributed by atoms with Crippen LogP contribution in [0.15, 0.2) is 60.7 Å². The van der Waals surface area contributed by atoms with Crippen LogP contribution in [0, 0.1) is 28.1 Å². The maximum atomic E-state index is 13.6. The Balaban J connectivity index is 0.804. The molecule has 1 saturated carbocycles. The molecule has 13 nitrogen and oxygen atoms in total. The first kappa shape index (κ1) is 40.3. The van der Waals surface area contributed by atoms with E-state index < -0.39 is 29.7 Å². The molecule has 308 valence electrons. The van der Waals surface area contributed by atoms with Crippen molar-refractivity contribution in [1.82, 2.24) is 20.4 Å². The maximum absolute atomic E-state index is 13.6. The van der Waals surface area contributed by atoms with E-state index in [2.05, 4.69) is 59.1 Å². The first-order valence-corrected chi connectivity index (χ1v) is 20.9. The molecule has 1 atom stereocenters. The van der Waals surface area contributed by atoms with E-state index in [0.29, 0.717) is 38.9 Å². The van der Waals surface area contributed by atoms with Gasteiger partial charge in [0.1, 0.15) is 24.0 Å². The number of carbonyl (C=O) groups excluding carboxylic acids is 5. The Morgan fingerprint density at radius 3 is 2.22 bits per heavy atom. The van der Waals surface area contributed by atoms with Crippen LogP contribution >= 0.6 is 11.6 Å². The fourth-order valence-corrected chi connectivity index (χ4v) is 10.5. The lowest BCUT2D eigenvalue weighted by Crippen LogP contribution is -2.74. The zero-order chi connectivity index (χ0) is 41.8. The Morgan fingerprint density at radius 2 is 1.58 bits per heavy atom. The maximum Gasteiger partial charge on any atom is 0.264 e. The Labute approximate surface area is 349 Å². The number of halogens is 1. The zero-order valence-electron chi connectivity index (χ0n) is 33.9. The van der Waals surface area contributed by atoms with Crippen LogP contribution in [0.5, 0.6) is 5.75 Å². The predicted molar refractivity (Wildman–Crippen MR) is 223 cm³/mol. The van der Waals surface area contributed by atoms with Gasteiger partial charge < -0.3 is 19.9 Å². The molecule has 3 aromatic carbocycles. The van der Waals surface area contributed by atoms with Crippen molar-refractivity contribution in [1.29, 1.82) is 5.26 Å². The highest BCUT2D eigenvalue weighted by molar-refractivity contribution is 6.31. The number of anilines is 2. The summed E-state index contributed by atoms with van der Waals surface area (Å²) in [5, 5.41) is 15.1. The van der Waals surface area contributed by atoms with Crippen molar-refractivity contribution in [2.75, 3.05) is 55.6 Å². The van der Waals surface area contributed by atoms with Gasteiger partial charge in [0, 0.05) is 86.4 Å². The van der Waals surface area contributed by atoms with E-state index in [9.17, 15) is 29.2 Å². The summed E-state index contributed by atoms with van der Waals surface area (Å²) in [6, 6.07) is 19.2. The molecule has 8 rings (SSSR count). The summed E-state index contributed by atoms with van der Waals surface area (Å²) in [6.45, 7) is 14.5. The van der Waals surface area contributed by atoms with E-state index in [1.54, 1.807) is 30.3 Å². The van der Waals surface area contributed by atoms with Crippen molar-refractivity contribution >= 4 is 52.5 Å². The van der Waals surface area contributed by atoms with Gasteiger partial charge in [0.2, 0.25) is 11.8 Å². The third-order valence-corrected chi connectivity index (χ3v) is 13.5. The number of nitriles is 1. The third kappa shape index (κ3) is 7.42. The number of rotatable bonds is 9. The van der Waals surface area contributed by atoms with E-state index in [1.165, 1.54) is 0 Å². The average Bonchev–Trinajstić information content (AvgIpc) is 3.48. The second kappa shape index (κ2) is 15.6. The smallest absolute Gasteiger partial charge is 0.264 e. The number of piperazine rings is 1. The van der Waals surface area contributed by atoms with Gasteiger partial charge in [0.05, 0.1) is 27.4 Å². The second-order valence-electron chi connectivity index (χ2n) is 17.7. The molecule has 0 bridgehead atoms. The molecule has 4 fully saturated rings. The third-order valence-electron chi connectivity index (χ3n) is 13.2. The molecular weight excluding hydrogens is 770 g/mol. The summed E-state index contributed by atoms with van der Waals surface area (Å²) >= 11 is 6.25. The topological polar surface area (TPSA) is 155 Å². The predicted octanol–water partition coefficient (Wildman–Crippen LogP) is 5.26. The number of nitrogens with zero attached hydrogens (tertiary/aromatic N) is 5. The fourth-order valence-electron chi connectivity index (χ4n) is 10.3. The molecule has 0 radical (unpaired) electrons. The van der Waals surface area contributed by atoms with Crippen molar-refractivity contribution in [3.8, 4) is 11.8 Å². The molecule has 4 heterocycles. The molecule has 59 heavy (non-hydrogen) atoms. The highest BCUT2D eigenvalue weighted by atomic mass is 35.5. The Morgan fingerprint density at radius 1 is 0.881 bits per heavy atom. The van der Waals surface area contributed by atoms with E-state index in [4.69, 9.17) is 16.3 Å². The molecule has 5 amide bonds. The number of hydrogen-bond acceptors (Lipinski definition) is 10. The minimum Gasteiger partial charge on any atom is -0.489 e. The monoisotopic (exact) mass is 819 g/mol. The molecular formula is C45H50ClN7O6. The fraction of sp³-hybridized carbons (Fsp3) is 0.467. The van der Waals surface area contributed by atoms with Gasteiger partial charge in [-0.2, -0.15) is 5.26 Å².